The van der Waals surface area contributed by atoms with Crippen LogP contribution in [0.3, 0.4) is 0 Å². The molecule has 0 aromatic heterocycles. The van der Waals surface area contributed by atoms with Gasteiger partial charge in [-0.15, -0.1) is 11.8 Å². The van der Waals surface area contributed by atoms with Crippen LogP contribution < -0.4 is 0 Å². The molecule has 0 aromatic rings. The average Bonchev–Trinajstić information content (AvgIpc) is 2.19. The molecule has 0 bridgehead atoms. The first-order valence-electron chi connectivity index (χ1n) is 6.14. The Morgan fingerprint density at radius 2 is 2.12 bits per heavy atom. The van der Waals surface area contributed by atoms with E-state index < -0.39 is 8.07 Å². The number of hydrogen-bond donors (Lipinski definition) is 0. The highest BCUT2D eigenvalue weighted by molar-refractivity contribution is 6.76. The molecule has 1 aliphatic rings. The largest absolute Gasteiger partial charge is 0.295 e. The van der Waals surface area contributed by atoms with Crippen LogP contribution in [0.2, 0.25) is 25.7 Å². The second-order valence-electron chi connectivity index (χ2n) is 5.75. The highest BCUT2D eigenvalue weighted by Crippen LogP contribution is 2.19. The van der Waals surface area contributed by atoms with Crippen molar-refractivity contribution < 1.29 is 4.79 Å². The van der Waals surface area contributed by atoms with Gasteiger partial charge in [0.25, 0.3) is 0 Å². The van der Waals surface area contributed by atoms with Gasteiger partial charge in [-0.25, -0.2) is 0 Å². The van der Waals surface area contributed by atoms with Crippen LogP contribution in [0.15, 0.2) is 12.2 Å². The number of hydrogen-bond acceptors (Lipinski definition) is 1. The predicted octanol–water partition coefficient (Wildman–Crippen LogP) is 3.64. The molecule has 0 aliphatic heterocycles. The van der Waals surface area contributed by atoms with E-state index in [9.17, 15) is 4.79 Å². The van der Waals surface area contributed by atoms with Gasteiger partial charge in [0, 0.05) is 18.9 Å². The van der Waals surface area contributed by atoms with E-state index in [-0.39, 0.29) is 5.78 Å². The summed E-state index contributed by atoms with van der Waals surface area (Å²) in [5, 5.41) is 0. The van der Waals surface area contributed by atoms with E-state index in [1.165, 1.54) is 0 Å². The van der Waals surface area contributed by atoms with Crippen LogP contribution in [0.25, 0.3) is 0 Å². The van der Waals surface area contributed by atoms with Gasteiger partial charge in [0.15, 0.2) is 5.78 Å². The smallest absolute Gasteiger partial charge is 0.155 e. The fourth-order valence-corrected chi connectivity index (χ4v) is 2.32. The SMILES string of the molecule is C[Si](C)(C)CC#CCCC1C=CC(=O)CC1. The van der Waals surface area contributed by atoms with E-state index in [0.29, 0.717) is 5.92 Å². The maximum Gasteiger partial charge on any atom is 0.155 e. The first-order chi connectivity index (χ1) is 7.47. The molecule has 88 valence electrons. The number of allylic oxidation sites excluding steroid dienone is 2. The molecule has 0 saturated carbocycles. The number of ketones is 1. The van der Waals surface area contributed by atoms with Crippen LogP contribution in [0.1, 0.15) is 25.7 Å². The Morgan fingerprint density at radius 3 is 2.69 bits per heavy atom. The van der Waals surface area contributed by atoms with Crippen molar-refractivity contribution in [2.75, 3.05) is 0 Å². The van der Waals surface area contributed by atoms with Gasteiger partial charge < -0.3 is 0 Å². The second kappa shape index (κ2) is 6.05. The van der Waals surface area contributed by atoms with Gasteiger partial charge in [-0.2, -0.15) is 0 Å². The fourth-order valence-electron chi connectivity index (χ4n) is 1.66. The molecular weight excluding hydrogens is 212 g/mol. The minimum Gasteiger partial charge on any atom is -0.295 e. The summed E-state index contributed by atoms with van der Waals surface area (Å²) in [4.78, 5) is 11.0. The van der Waals surface area contributed by atoms with Crippen LogP contribution in [-0.2, 0) is 4.79 Å². The molecule has 0 N–H and O–H groups in total. The number of carbonyl (C=O) groups excluding carboxylic acids is 1. The van der Waals surface area contributed by atoms with E-state index in [2.05, 4.69) is 37.6 Å². The van der Waals surface area contributed by atoms with Crippen molar-refractivity contribution in [2.24, 2.45) is 5.92 Å². The van der Waals surface area contributed by atoms with E-state index >= 15 is 0 Å². The van der Waals surface area contributed by atoms with Crippen molar-refractivity contribution in [3.8, 4) is 11.8 Å². The first kappa shape index (κ1) is 13.3. The third-order valence-corrected chi connectivity index (χ3v) is 3.94. The summed E-state index contributed by atoms with van der Waals surface area (Å²) in [6, 6.07) is 1.10. The van der Waals surface area contributed by atoms with E-state index in [0.717, 1.165) is 31.7 Å². The average molecular weight is 234 g/mol. The van der Waals surface area contributed by atoms with Crippen molar-refractivity contribution in [1.82, 2.24) is 0 Å². The summed E-state index contributed by atoms with van der Waals surface area (Å²) in [6.45, 7) is 7.03. The van der Waals surface area contributed by atoms with Crippen molar-refractivity contribution in [3.63, 3.8) is 0 Å². The Balaban J connectivity index is 2.21. The molecule has 0 fully saturated rings. The minimum atomic E-state index is -0.988. The standard InChI is InChI=1S/C14H22OSi/c1-16(2,3)12-6-4-5-7-13-8-10-14(15)11-9-13/h8,10,13H,5,7,9,11-12H2,1-3H3. The topological polar surface area (TPSA) is 17.1 Å². The van der Waals surface area contributed by atoms with Gasteiger partial charge in [-0.05, 0) is 24.8 Å². The van der Waals surface area contributed by atoms with E-state index in [1.54, 1.807) is 6.08 Å². The minimum absolute atomic E-state index is 0.279. The highest BCUT2D eigenvalue weighted by atomic mass is 28.3. The van der Waals surface area contributed by atoms with Crippen LogP contribution in [0.5, 0.6) is 0 Å². The van der Waals surface area contributed by atoms with Gasteiger partial charge in [-0.1, -0.05) is 25.7 Å². The molecule has 0 heterocycles. The lowest BCUT2D eigenvalue weighted by Crippen LogP contribution is -2.17. The Hall–Kier alpha value is -0.813. The molecule has 1 rings (SSSR count). The molecule has 2 heteroatoms. The zero-order valence-electron chi connectivity index (χ0n) is 10.7. The van der Waals surface area contributed by atoms with E-state index in [4.69, 9.17) is 0 Å². The number of rotatable bonds is 3. The summed E-state index contributed by atoms with van der Waals surface area (Å²) < 4.78 is 0. The molecule has 16 heavy (non-hydrogen) atoms. The predicted molar refractivity (Wildman–Crippen MR) is 72.0 cm³/mol. The van der Waals surface area contributed by atoms with E-state index in [1.807, 2.05) is 0 Å². The molecule has 0 spiro atoms. The molecule has 1 nitrogen and oxygen atoms in total. The van der Waals surface area contributed by atoms with Gasteiger partial charge in [-0.3, -0.25) is 4.79 Å². The summed E-state index contributed by atoms with van der Waals surface area (Å²) in [5.74, 6) is 7.42. The van der Waals surface area contributed by atoms with Gasteiger partial charge in [0.1, 0.15) is 0 Å². The summed E-state index contributed by atoms with van der Waals surface area (Å²) in [7, 11) is -0.988. The quantitative estimate of drug-likeness (QED) is 0.538. The lowest BCUT2D eigenvalue weighted by molar-refractivity contribution is -0.115. The summed E-state index contributed by atoms with van der Waals surface area (Å²) >= 11 is 0. The maximum atomic E-state index is 11.0. The highest BCUT2D eigenvalue weighted by Gasteiger charge is 2.12. The Kier molecular flexibility index (Phi) is 5.01. The van der Waals surface area contributed by atoms with Crippen molar-refractivity contribution in [1.29, 1.82) is 0 Å². The summed E-state index contributed by atoms with van der Waals surface area (Å²) in [5.41, 5.74) is 0. The molecule has 0 saturated heterocycles. The molecule has 1 aliphatic carbocycles. The molecular formula is C14H22OSi. The number of carbonyl (C=O) groups is 1. The van der Waals surface area contributed by atoms with Crippen molar-refractivity contribution in [3.05, 3.63) is 12.2 Å². The second-order valence-corrected chi connectivity index (χ2v) is 11.2. The van der Waals surface area contributed by atoms with Gasteiger partial charge in [0.2, 0.25) is 0 Å². The van der Waals surface area contributed by atoms with Crippen LogP contribution in [0, 0.1) is 17.8 Å². The third kappa shape index (κ3) is 5.92. The lowest BCUT2D eigenvalue weighted by atomic mass is 9.91. The Bertz CT molecular complexity index is 325. The molecule has 0 aromatic carbocycles. The van der Waals surface area contributed by atoms with Gasteiger partial charge >= 0.3 is 0 Å². The van der Waals surface area contributed by atoms with Crippen molar-refractivity contribution in [2.45, 2.75) is 51.4 Å². The first-order valence-corrected chi connectivity index (χ1v) is 9.85. The fraction of sp³-hybridized carbons (Fsp3) is 0.643. The molecule has 0 radical (unpaired) electrons. The zero-order chi connectivity index (χ0) is 12.0. The Morgan fingerprint density at radius 1 is 1.38 bits per heavy atom. The van der Waals surface area contributed by atoms with Crippen molar-refractivity contribution >= 4 is 13.9 Å². The van der Waals surface area contributed by atoms with Gasteiger partial charge in [0.05, 0.1) is 8.07 Å². The molecule has 0 amide bonds. The van der Waals surface area contributed by atoms with Crippen LogP contribution >= 0.6 is 0 Å². The van der Waals surface area contributed by atoms with Crippen LogP contribution in [0.4, 0.5) is 0 Å². The summed E-state index contributed by atoms with van der Waals surface area (Å²) in [6.07, 6.45) is 7.64. The third-order valence-electron chi connectivity index (χ3n) is 2.70. The maximum absolute atomic E-state index is 11.0. The lowest BCUT2D eigenvalue weighted by Gasteiger charge is -2.13. The Labute approximate surface area is 100 Å². The molecule has 1 atom stereocenters. The molecule has 1 unspecified atom stereocenters. The monoisotopic (exact) mass is 234 g/mol. The van der Waals surface area contributed by atoms with Crippen LogP contribution in [-0.4, -0.2) is 13.9 Å². The zero-order valence-corrected chi connectivity index (χ0v) is 11.7. The normalized spacial score (nSPS) is 20.4.